The first-order valence-corrected chi connectivity index (χ1v) is 3.87. The Labute approximate surface area is 72.1 Å². The van der Waals surface area contributed by atoms with E-state index < -0.39 is 12.2 Å². The van der Waals surface area contributed by atoms with Crippen molar-refractivity contribution in [3.8, 4) is 0 Å². The van der Waals surface area contributed by atoms with Gasteiger partial charge >= 0.3 is 5.97 Å². The average Bonchev–Trinajstić information content (AvgIpc) is 2.00. The fraction of sp³-hybridized carbons (Fsp3) is 0.625. The molecule has 0 spiro atoms. The van der Waals surface area contributed by atoms with Crippen LogP contribution in [0, 0.1) is 0 Å². The Hall–Kier alpha value is -0.870. The summed E-state index contributed by atoms with van der Waals surface area (Å²) in [4.78, 5) is 11.7. The lowest BCUT2D eigenvalue weighted by Crippen LogP contribution is -2.30. The van der Waals surface area contributed by atoms with Crippen LogP contribution in [-0.4, -0.2) is 40.9 Å². The molecule has 0 bridgehead atoms. The number of nitrogens with zero attached hydrogens (tertiary/aromatic N) is 1. The second-order valence-corrected chi connectivity index (χ2v) is 2.59. The molecule has 2 N–H and O–H groups in total. The Balaban J connectivity index is 3.85. The lowest BCUT2D eigenvalue weighted by molar-refractivity contribution is -0.131. The van der Waals surface area contributed by atoms with Gasteiger partial charge in [0.1, 0.15) is 6.23 Å². The van der Waals surface area contributed by atoms with E-state index in [4.69, 9.17) is 5.11 Å². The number of aliphatic hydroxyl groups is 1. The van der Waals surface area contributed by atoms with E-state index in [9.17, 15) is 9.90 Å². The van der Waals surface area contributed by atoms with Crippen LogP contribution >= 0.6 is 0 Å². The lowest BCUT2D eigenvalue weighted by atomic mass is 10.4. The molecule has 1 atom stereocenters. The minimum absolute atomic E-state index is 0.741. The molecule has 0 aliphatic rings. The zero-order chi connectivity index (χ0) is 9.56. The topological polar surface area (TPSA) is 60.8 Å². The summed E-state index contributed by atoms with van der Waals surface area (Å²) in [5, 5.41) is 17.5. The molecule has 4 nitrogen and oxygen atoms in total. The zero-order valence-corrected chi connectivity index (χ0v) is 7.40. The summed E-state index contributed by atoms with van der Waals surface area (Å²) in [5.74, 6) is -1.04. The highest BCUT2D eigenvalue weighted by molar-refractivity contribution is 5.79. The van der Waals surface area contributed by atoms with Gasteiger partial charge in [0, 0.05) is 12.6 Å². The van der Waals surface area contributed by atoms with Crippen molar-refractivity contribution in [2.45, 2.75) is 19.6 Å². The second-order valence-electron chi connectivity index (χ2n) is 2.59. The molecule has 0 aromatic rings. The van der Waals surface area contributed by atoms with E-state index in [-0.39, 0.29) is 0 Å². The Morgan fingerprint density at radius 2 is 2.25 bits per heavy atom. The highest BCUT2D eigenvalue weighted by Crippen LogP contribution is 1.95. The summed E-state index contributed by atoms with van der Waals surface area (Å²) < 4.78 is 0. The molecule has 0 rings (SSSR count). The van der Waals surface area contributed by atoms with E-state index in [1.54, 1.807) is 11.9 Å². The lowest BCUT2D eigenvalue weighted by Gasteiger charge is -2.19. The van der Waals surface area contributed by atoms with Crippen molar-refractivity contribution < 1.29 is 15.0 Å². The molecule has 0 fully saturated rings. The standard InChI is InChI=1S/C8H15NO3/c1-3-6-9(2)7(10)4-5-8(11)12/h4-5,7,10H,3,6H2,1-2H3,(H,11,12)/b5-4+. The average molecular weight is 173 g/mol. The van der Waals surface area contributed by atoms with E-state index in [2.05, 4.69) is 0 Å². The molecule has 0 saturated heterocycles. The number of aliphatic hydroxyl groups excluding tert-OH is 1. The number of hydrogen-bond acceptors (Lipinski definition) is 3. The van der Waals surface area contributed by atoms with E-state index in [1.807, 2.05) is 6.92 Å². The van der Waals surface area contributed by atoms with Crippen LogP contribution in [0.3, 0.4) is 0 Å². The van der Waals surface area contributed by atoms with Crippen LogP contribution in [0.15, 0.2) is 12.2 Å². The number of likely N-dealkylation sites (N-methyl/N-ethyl adjacent to an activating group) is 1. The molecular formula is C8H15NO3. The van der Waals surface area contributed by atoms with Crippen LogP contribution in [0.25, 0.3) is 0 Å². The Morgan fingerprint density at radius 1 is 1.67 bits per heavy atom. The second kappa shape index (κ2) is 5.74. The van der Waals surface area contributed by atoms with Crippen molar-refractivity contribution >= 4 is 5.97 Å². The zero-order valence-electron chi connectivity index (χ0n) is 7.40. The molecule has 0 aromatic heterocycles. The summed E-state index contributed by atoms with van der Waals surface area (Å²) in [6, 6.07) is 0. The number of carboxylic acid groups (broad SMARTS) is 1. The first-order chi connectivity index (χ1) is 5.57. The number of hydrogen-bond donors (Lipinski definition) is 2. The van der Waals surface area contributed by atoms with Crippen LogP contribution in [0.2, 0.25) is 0 Å². The Bertz CT molecular complexity index is 168. The first kappa shape index (κ1) is 11.1. The molecule has 4 heteroatoms. The summed E-state index contributed by atoms with van der Waals surface area (Å²) in [5.41, 5.74) is 0. The molecule has 0 heterocycles. The predicted octanol–water partition coefficient (Wildman–Crippen LogP) is 0.287. The maximum Gasteiger partial charge on any atom is 0.328 e. The molecule has 12 heavy (non-hydrogen) atoms. The summed E-state index contributed by atoms with van der Waals surface area (Å²) in [6.07, 6.45) is 2.31. The third-order valence-electron chi connectivity index (χ3n) is 1.44. The largest absolute Gasteiger partial charge is 0.478 e. The highest BCUT2D eigenvalue weighted by atomic mass is 16.4. The first-order valence-electron chi connectivity index (χ1n) is 3.87. The molecule has 0 aromatic carbocycles. The van der Waals surface area contributed by atoms with Crippen molar-refractivity contribution in [1.29, 1.82) is 0 Å². The van der Waals surface area contributed by atoms with Crippen LogP contribution in [-0.2, 0) is 4.79 Å². The van der Waals surface area contributed by atoms with Gasteiger partial charge in [-0.15, -0.1) is 0 Å². The fourth-order valence-electron chi connectivity index (χ4n) is 0.800. The molecule has 0 aliphatic heterocycles. The predicted molar refractivity (Wildman–Crippen MR) is 45.7 cm³/mol. The quantitative estimate of drug-likeness (QED) is 0.463. The monoisotopic (exact) mass is 173 g/mol. The summed E-state index contributed by atoms with van der Waals surface area (Å²) in [6.45, 7) is 2.73. The van der Waals surface area contributed by atoms with Gasteiger partial charge in [0.2, 0.25) is 0 Å². The van der Waals surface area contributed by atoms with E-state index in [0.717, 1.165) is 19.0 Å². The van der Waals surface area contributed by atoms with Crippen LogP contribution in [0.4, 0.5) is 0 Å². The van der Waals surface area contributed by atoms with Gasteiger partial charge in [0.25, 0.3) is 0 Å². The van der Waals surface area contributed by atoms with Gasteiger partial charge in [0.15, 0.2) is 0 Å². The van der Waals surface area contributed by atoms with Crippen molar-refractivity contribution in [2.24, 2.45) is 0 Å². The molecule has 0 saturated carbocycles. The third kappa shape index (κ3) is 4.87. The molecule has 70 valence electrons. The smallest absolute Gasteiger partial charge is 0.328 e. The number of carbonyl (C=O) groups is 1. The molecule has 0 radical (unpaired) electrons. The van der Waals surface area contributed by atoms with Crippen molar-refractivity contribution in [3.63, 3.8) is 0 Å². The Morgan fingerprint density at radius 3 is 2.67 bits per heavy atom. The van der Waals surface area contributed by atoms with Crippen molar-refractivity contribution in [3.05, 3.63) is 12.2 Å². The van der Waals surface area contributed by atoms with Gasteiger partial charge in [-0.05, 0) is 19.5 Å². The maximum absolute atomic E-state index is 10.1. The number of rotatable bonds is 5. The highest BCUT2D eigenvalue weighted by Gasteiger charge is 2.05. The van der Waals surface area contributed by atoms with Crippen molar-refractivity contribution in [2.75, 3.05) is 13.6 Å². The van der Waals surface area contributed by atoms with Gasteiger partial charge in [0.05, 0.1) is 0 Å². The summed E-state index contributed by atoms with van der Waals surface area (Å²) >= 11 is 0. The molecule has 1 unspecified atom stereocenters. The molecular weight excluding hydrogens is 158 g/mol. The SMILES string of the molecule is CCCN(C)C(O)/C=C/C(=O)O. The van der Waals surface area contributed by atoms with Gasteiger partial charge in [-0.1, -0.05) is 6.92 Å². The maximum atomic E-state index is 10.1. The van der Waals surface area contributed by atoms with E-state index in [1.165, 1.54) is 6.08 Å². The van der Waals surface area contributed by atoms with Gasteiger partial charge in [-0.2, -0.15) is 0 Å². The van der Waals surface area contributed by atoms with E-state index in [0.29, 0.717) is 0 Å². The Kier molecular flexibility index (Phi) is 5.32. The number of aliphatic carboxylic acids is 1. The minimum atomic E-state index is -1.04. The van der Waals surface area contributed by atoms with Crippen LogP contribution < -0.4 is 0 Å². The van der Waals surface area contributed by atoms with Crippen LogP contribution in [0.5, 0.6) is 0 Å². The van der Waals surface area contributed by atoms with Gasteiger partial charge < -0.3 is 10.2 Å². The minimum Gasteiger partial charge on any atom is -0.478 e. The van der Waals surface area contributed by atoms with Crippen molar-refractivity contribution in [1.82, 2.24) is 4.90 Å². The molecule has 0 aliphatic carbocycles. The number of carboxylic acids is 1. The van der Waals surface area contributed by atoms with Gasteiger partial charge in [-0.3, -0.25) is 4.90 Å². The molecule has 0 amide bonds. The van der Waals surface area contributed by atoms with Crippen LogP contribution in [0.1, 0.15) is 13.3 Å². The normalized spacial score (nSPS) is 14.0. The fourth-order valence-corrected chi connectivity index (χ4v) is 0.800. The third-order valence-corrected chi connectivity index (χ3v) is 1.44. The van der Waals surface area contributed by atoms with E-state index >= 15 is 0 Å². The van der Waals surface area contributed by atoms with Gasteiger partial charge in [-0.25, -0.2) is 4.79 Å². The summed E-state index contributed by atoms with van der Waals surface area (Å²) in [7, 11) is 1.74.